The summed E-state index contributed by atoms with van der Waals surface area (Å²) in [6, 6.07) is 14.4. The first-order valence-electron chi connectivity index (χ1n) is 12.0. The van der Waals surface area contributed by atoms with Crippen LogP contribution in [0, 0.1) is 30.1 Å². The molecular weight excluding hydrogens is 446 g/mol. The molecule has 170 valence electrons. The van der Waals surface area contributed by atoms with Gasteiger partial charge in [0.05, 0.1) is 10.2 Å². The zero-order valence-electron chi connectivity index (χ0n) is 18.9. The molecule has 4 nitrogen and oxygen atoms in total. The number of aryl methyl sites for hydroxylation is 1. The SMILES string of the molecule is Cc1ccc(-c2nc3ccccc3s2)cc1NC(=S)NC(=O)CC12CC3CC(CC(C3)C1)C2. The molecule has 3 aromatic rings. The number of carbonyl (C=O) groups is 1. The van der Waals surface area contributed by atoms with Crippen molar-refractivity contribution in [1.82, 2.24) is 10.3 Å². The Balaban J connectivity index is 1.13. The monoisotopic (exact) mass is 475 g/mol. The molecule has 1 heterocycles. The fourth-order valence-corrected chi connectivity index (χ4v) is 8.24. The van der Waals surface area contributed by atoms with Gasteiger partial charge in [-0.1, -0.05) is 24.3 Å². The van der Waals surface area contributed by atoms with Gasteiger partial charge in [0.1, 0.15) is 5.01 Å². The van der Waals surface area contributed by atoms with Crippen LogP contribution < -0.4 is 10.6 Å². The van der Waals surface area contributed by atoms with Crippen molar-refractivity contribution in [3.05, 3.63) is 48.0 Å². The summed E-state index contributed by atoms with van der Waals surface area (Å²) in [7, 11) is 0. The van der Waals surface area contributed by atoms with E-state index in [1.807, 2.05) is 25.1 Å². The third kappa shape index (κ3) is 4.19. The van der Waals surface area contributed by atoms with Gasteiger partial charge in [0.15, 0.2) is 5.11 Å². The molecule has 2 aromatic carbocycles. The van der Waals surface area contributed by atoms with Gasteiger partial charge < -0.3 is 10.6 Å². The average Bonchev–Trinajstić information content (AvgIpc) is 3.18. The van der Waals surface area contributed by atoms with E-state index in [4.69, 9.17) is 17.2 Å². The summed E-state index contributed by atoms with van der Waals surface area (Å²) in [5.74, 6) is 2.61. The second-order valence-electron chi connectivity index (χ2n) is 10.6. The maximum atomic E-state index is 13.0. The molecule has 4 fully saturated rings. The van der Waals surface area contributed by atoms with E-state index in [1.54, 1.807) is 11.3 Å². The second kappa shape index (κ2) is 8.17. The second-order valence-corrected chi connectivity index (χ2v) is 12.1. The average molecular weight is 476 g/mol. The number of thiazole rings is 1. The van der Waals surface area contributed by atoms with Crippen molar-refractivity contribution in [2.24, 2.45) is 23.2 Å². The van der Waals surface area contributed by atoms with Gasteiger partial charge in [0, 0.05) is 17.7 Å². The van der Waals surface area contributed by atoms with E-state index in [0.29, 0.717) is 11.5 Å². The van der Waals surface area contributed by atoms with E-state index < -0.39 is 0 Å². The number of amides is 1. The van der Waals surface area contributed by atoms with E-state index in [1.165, 1.54) is 43.2 Å². The van der Waals surface area contributed by atoms with Crippen LogP contribution in [0.15, 0.2) is 42.5 Å². The fraction of sp³-hybridized carbons (Fsp3) is 0.444. The van der Waals surface area contributed by atoms with Crippen molar-refractivity contribution in [3.8, 4) is 10.6 Å². The Labute approximate surface area is 204 Å². The van der Waals surface area contributed by atoms with Gasteiger partial charge in [-0.25, -0.2) is 4.98 Å². The Morgan fingerprint density at radius 3 is 2.48 bits per heavy atom. The number of anilines is 1. The van der Waals surface area contributed by atoms with E-state index in [9.17, 15) is 4.79 Å². The number of benzene rings is 2. The van der Waals surface area contributed by atoms with Crippen molar-refractivity contribution in [3.63, 3.8) is 0 Å². The normalized spacial score (nSPS) is 27.6. The summed E-state index contributed by atoms with van der Waals surface area (Å²) in [4.78, 5) is 17.7. The van der Waals surface area contributed by atoms with Crippen LogP contribution in [0.1, 0.15) is 50.5 Å². The molecule has 0 aliphatic heterocycles. The Morgan fingerprint density at radius 1 is 1.09 bits per heavy atom. The number of para-hydroxylation sites is 1. The van der Waals surface area contributed by atoms with Gasteiger partial charge in [0.25, 0.3) is 0 Å². The molecule has 0 spiro atoms. The van der Waals surface area contributed by atoms with Crippen LogP contribution in [-0.2, 0) is 4.79 Å². The van der Waals surface area contributed by atoms with Crippen molar-refractivity contribution < 1.29 is 4.79 Å². The number of hydrogen-bond acceptors (Lipinski definition) is 4. The molecule has 1 aromatic heterocycles. The number of aromatic nitrogens is 1. The molecule has 0 saturated heterocycles. The Hall–Kier alpha value is -2.31. The molecule has 4 aliphatic carbocycles. The van der Waals surface area contributed by atoms with Gasteiger partial charge >= 0.3 is 0 Å². The first-order valence-corrected chi connectivity index (χ1v) is 13.2. The Kier molecular flexibility index (Phi) is 5.26. The summed E-state index contributed by atoms with van der Waals surface area (Å²) in [6.45, 7) is 2.05. The zero-order valence-corrected chi connectivity index (χ0v) is 20.5. The lowest BCUT2D eigenvalue weighted by atomic mass is 9.49. The summed E-state index contributed by atoms with van der Waals surface area (Å²) >= 11 is 7.22. The summed E-state index contributed by atoms with van der Waals surface area (Å²) in [5.41, 5.74) is 4.27. The molecular formula is C27H29N3OS2. The number of nitrogens with one attached hydrogen (secondary N) is 2. The number of nitrogens with zero attached hydrogens (tertiary/aromatic N) is 1. The third-order valence-corrected chi connectivity index (χ3v) is 9.27. The quantitative estimate of drug-likeness (QED) is 0.413. The molecule has 4 bridgehead atoms. The van der Waals surface area contributed by atoms with E-state index in [-0.39, 0.29) is 11.3 Å². The largest absolute Gasteiger partial charge is 0.332 e. The fourth-order valence-electron chi connectivity index (χ4n) is 7.06. The molecule has 0 radical (unpaired) electrons. The number of rotatable bonds is 4. The van der Waals surface area contributed by atoms with Crippen LogP contribution in [0.4, 0.5) is 5.69 Å². The number of hydrogen-bond donors (Lipinski definition) is 2. The van der Waals surface area contributed by atoms with E-state index in [2.05, 4.69) is 34.9 Å². The maximum absolute atomic E-state index is 13.0. The maximum Gasteiger partial charge on any atom is 0.226 e. The van der Waals surface area contributed by atoms with Crippen LogP contribution in [0.3, 0.4) is 0 Å². The highest BCUT2D eigenvalue weighted by Gasteiger charge is 2.51. The van der Waals surface area contributed by atoms with Gasteiger partial charge in [-0.15, -0.1) is 11.3 Å². The molecule has 4 saturated carbocycles. The highest BCUT2D eigenvalue weighted by atomic mass is 32.1. The van der Waals surface area contributed by atoms with Crippen molar-refractivity contribution in [1.29, 1.82) is 0 Å². The molecule has 33 heavy (non-hydrogen) atoms. The van der Waals surface area contributed by atoms with Crippen molar-refractivity contribution in [2.75, 3.05) is 5.32 Å². The van der Waals surface area contributed by atoms with E-state index >= 15 is 0 Å². The summed E-state index contributed by atoms with van der Waals surface area (Å²) in [5, 5.41) is 7.62. The molecule has 7 rings (SSSR count). The lowest BCUT2D eigenvalue weighted by Crippen LogP contribution is -2.48. The zero-order chi connectivity index (χ0) is 22.6. The molecule has 0 unspecified atom stereocenters. The number of carbonyl (C=O) groups excluding carboxylic acids is 1. The van der Waals surface area contributed by atoms with Gasteiger partial charge in [0.2, 0.25) is 5.91 Å². The standard InChI is InChI=1S/C27H29N3OS2/c1-16-6-7-20(25-28-21-4-2-3-5-23(21)33-25)11-22(16)29-26(32)30-24(31)15-27-12-17-8-18(13-27)10-19(9-17)14-27/h2-7,11,17-19H,8-10,12-15H2,1H3,(H2,29,30,31,32). The van der Waals surface area contributed by atoms with Crippen molar-refractivity contribution in [2.45, 2.75) is 51.9 Å². The molecule has 4 aliphatic rings. The van der Waals surface area contributed by atoms with Gasteiger partial charge in [-0.05, 0) is 105 Å². The van der Waals surface area contributed by atoms with Crippen molar-refractivity contribution >= 4 is 50.5 Å². The van der Waals surface area contributed by atoms with Crippen LogP contribution in [0.5, 0.6) is 0 Å². The first kappa shape index (κ1) is 21.2. The Morgan fingerprint density at radius 2 is 1.79 bits per heavy atom. The van der Waals surface area contributed by atoms with E-state index in [0.717, 1.165) is 45.1 Å². The first-order chi connectivity index (χ1) is 15.9. The lowest BCUT2D eigenvalue weighted by molar-refractivity contribution is -0.127. The Bertz CT molecular complexity index is 1180. The van der Waals surface area contributed by atoms with Crippen LogP contribution in [-0.4, -0.2) is 16.0 Å². The number of thiocarbonyl (C=S) groups is 1. The summed E-state index contributed by atoms with van der Waals surface area (Å²) in [6.07, 6.45) is 8.49. The molecule has 6 heteroatoms. The predicted octanol–water partition coefficient (Wildman–Crippen LogP) is 6.69. The lowest BCUT2D eigenvalue weighted by Gasteiger charge is -2.56. The van der Waals surface area contributed by atoms with Crippen LogP contribution >= 0.6 is 23.6 Å². The third-order valence-electron chi connectivity index (χ3n) is 7.98. The van der Waals surface area contributed by atoms with Crippen LogP contribution in [0.2, 0.25) is 0 Å². The minimum atomic E-state index is 0.0643. The minimum absolute atomic E-state index is 0.0643. The smallest absolute Gasteiger partial charge is 0.226 e. The highest BCUT2D eigenvalue weighted by Crippen LogP contribution is 2.61. The van der Waals surface area contributed by atoms with Gasteiger partial charge in [-0.3, -0.25) is 4.79 Å². The number of fused-ring (bicyclic) bond motifs is 1. The minimum Gasteiger partial charge on any atom is -0.332 e. The molecule has 2 N–H and O–H groups in total. The summed E-state index contributed by atoms with van der Waals surface area (Å²) < 4.78 is 1.18. The van der Waals surface area contributed by atoms with Crippen LogP contribution in [0.25, 0.3) is 20.8 Å². The highest BCUT2D eigenvalue weighted by molar-refractivity contribution is 7.80. The van der Waals surface area contributed by atoms with Gasteiger partial charge in [-0.2, -0.15) is 0 Å². The topological polar surface area (TPSA) is 54.0 Å². The molecule has 0 atom stereocenters. The molecule has 1 amide bonds. The predicted molar refractivity (Wildman–Crippen MR) is 139 cm³/mol.